The minimum Gasteiger partial charge on any atom is -0.497 e. The number of nitrogens with one attached hydrogen (secondary N) is 1. The van der Waals surface area contributed by atoms with E-state index in [1.54, 1.807) is 7.11 Å². The number of hydrogen-bond acceptors (Lipinski definition) is 6. The fourth-order valence-electron chi connectivity index (χ4n) is 3.73. The highest BCUT2D eigenvalue weighted by molar-refractivity contribution is 5.81. The van der Waals surface area contributed by atoms with E-state index in [0.717, 1.165) is 29.9 Å². The predicted octanol–water partition coefficient (Wildman–Crippen LogP) is 4.10. The fourth-order valence-corrected chi connectivity index (χ4v) is 3.73. The molecule has 0 unspecified atom stereocenters. The van der Waals surface area contributed by atoms with E-state index in [2.05, 4.69) is 27.6 Å². The van der Waals surface area contributed by atoms with Crippen LogP contribution in [0.15, 0.2) is 47.0 Å². The molecule has 0 aliphatic heterocycles. The van der Waals surface area contributed by atoms with Crippen molar-refractivity contribution in [2.75, 3.05) is 7.11 Å². The van der Waals surface area contributed by atoms with Crippen molar-refractivity contribution in [3.63, 3.8) is 0 Å². The van der Waals surface area contributed by atoms with Crippen molar-refractivity contribution < 1.29 is 18.8 Å². The molecular formula is C24H27N3O4. The van der Waals surface area contributed by atoms with Gasteiger partial charge in [-0.1, -0.05) is 18.1 Å². The molecule has 1 heterocycles. The van der Waals surface area contributed by atoms with Crippen molar-refractivity contribution in [2.45, 2.75) is 51.7 Å². The van der Waals surface area contributed by atoms with Gasteiger partial charge in [-0.3, -0.25) is 4.79 Å². The third kappa shape index (κ3) is 5.05. The highest BCUT2D eigenvalue weighted by atomic mass is 16.5. The second-order valence-corrected chi connectivity index (χ2v) is 7.61. The van der Waals surface area contributed by atoms with Crippen LogP contribution >= 0.6 is 0 Å². The lowest BCUT2D eigenvalue weighted by Crippen LogP contribution is -2.37. The lowest BCUT2D eigenvalue weighted by molar-refractivity contribution is -0.128. The number of rotatable bonds is 8. The molecule has 0 bridgehead atoms. The van der Waals surface area contributed by atoms with Gasteiger partial charge in [0.2, 0.25) is 11.7 Å². The fraction of sp³-hybridized carbons (Fsp3) is 0.375. The van der Waals surface area contributed by atoms with Gasteiger partial charge in [-0.25, -0.2) is 0 Å². The van der Waals surface area contributed by atoms with Crippen LogP contribution < -0.4 is 14.8 Å². The number of aryl methyl sites for hydroxylation is 2. The highest BCUT2D eigenvalue weighted by Crippen LogP contribution is 2.26. The zero-order chi connectivity index (χ0) is 21.6. The smallest absolute Gasteiger partial charge is 0.261 e. The zero-order valence-electron chi connectivity index (χ0n) is 17.9. The number of methoxy groups -OCH3 is 1. The van der Waals surface area contributed by atoms with Crippen molar-refractivity contribution in [1.29, 1.82) is 0 Å². The van der Waals surface area contributed by atoms with Crippen LogP contribution in [0.3, 0.4) is 0 Å². The van der Waals surface area contributed by atoms with E-state index in [1.807, 2.05) is 37.3 Å². The number of fused-ring (bicyclic) bond motifs is 1. The first-order valence-electron chi connectivity index (χ1n) is 10.7. The Bertz CT molecular complexity index is 1030. The highest BCUT2D eigenvalue weighted by Gasteiger charge is 2.20. The number of nitrogens with zero attached hydrogens (tertiary/aromatic N) is 2. The average molecular weight is 421 g/mol. The first-order valence-corrected chi connectivity index (χ1v) is 10.7. The number of carbonyl (C=O) groups excluding carboxylic acids is 1. The Hall–Kier alpha value is -3.35. The molecule has 162 valence electrons. The summed E-state index contributed by atoms with van der Waals surface area (Å²) >= 11 is 0. The van der Waals surface area contributed by atoms with Crippen LogP contribution in [0.4, 0.5) is 0 Å². The van der Waals surface area contributed by atoms with Crippen LogP contribution in [-0.2, 0) is 24.2 Å². The quantitative estimate of drug-likeness (QED) is 0.589. The predicted molar refractivity (Wildman–Crippen MR) is 116 cm³/mol. The van der Waals surface area contributed by atoms with Crippen LogP contribution in [0, 0.1) is 0 Å². The molecule has 0 saturated carbocycles. The van der Waals surface area contributed by atoms with Gasteiger partial charge in [0, 0.05) is 5.56 Å². The van der Waals surface area contributed by atoms with Crippen LogP contribution in [0.2, 0.25) is 0 Å². The molecule has 1 aromatic heterocycles. The summed E-state index contributed by atoms with van der Waals surface area (Å²) in [6, 6.07) is 13.5. The zero-order valence-corrected chi connectivity index (χ0v) is 17.9. The summed E-state index contributed by atoms with van der Waals surface area (Å²) in [5.74, 6) is 2.09. The second-order valence-electron chi connectivity index (χ2n) is 7.61. The van der Waals surface area contributed by atoms with Crippen molar-refractivity contribution in [3.8, 4) is 22.9 Å². The summed E-state index contributed by atoms with van der Waals surface area (Å²) in [6.45, 7) is 2.07. The standard InChI is InChI=1S/C24H27N3O4/c1-3-21(30-20-13-8-16-6-4-5-7-18(16)14-20)24(28)25-15-22-26-23(27-31-22)17-9-11-19(29-2)12-10-17/h8-14,21H,3-7,15H2,1-2H3,(H,25,28)/t21-/m1/s1. The van der Waals surface area contributed by atoms with Gasteiger partial charge in [0.15, 0.2) is 6.10 Å². The molecule has 0 fully saturated rings. The molecule has 1 atom stereocenters. The SMILES string of the molecule is CC[C@@H](Oc1ccc2c(c1)CCCC2)C(=O)NCc1nc(-c2ccc(OC)cc2)no1. The van der Waals surface area contributed by atoms with Crippen molar-refractivity contribution in [3.05, 3.63) is 59.5 Å². The molecule has 1 amide bonds. The molecule has 4 rings (SSSR count). The summed E-state index contributed by atoms with van der Waals surface area (Å²) in [7, 11) is 1.61. The summed E-state index contributed by atoms with van der Waals surface area (Å²) in [4.78, 5) is 17.0. The van der Waals surface area contributed by atoms with Crippen molar-refractivity contribution in [2.24, 2.45) is 0 Å². The Morgan fingerprint density at radius 3 is 2.58 bits per heavy atom. The van der Waals surface area contributed by atoms with Gasteiger partial charge in [0.1, 0.15) is 11.5 Å². The van der Waals surface area contributed by atoms with Gasteiger partial charge < -0.3 is 19.3 Å². The van der Waals surface area contributed by atoms with Crippen molar-refractivity contribution >= 4 is 5.91 Å². The molecule has 2 aromatic carbocycles. The minimum absolute atomic E-state index is 0.145. The largest absolute Gasteiger partial charge is 0.497 e. The molecule has 1 aliphatic rings. The third-order valence-electron chi connectivity index (χ3n) is 5.49. The van der Waals surface area contributed by atoms with Gasteiger partial charge in [-0.05, 0) is 79.6 Å². The van der Waals surface area contributed by atoms with Gasteiger partial charge >= 0.3 is 0 Å². The van der Waals surface area contributed by atoms with E-state index >= 15 is 0 Å². The Morgan fingerprint density at radius 1 is 1.10 bits per heavy atom. The molecule has 0 radical (unpaired) electrons. The monoisotopic (exact) mass is 421 g/mol. The van der Waals surface area contributed by atoms with Gasteiger partial charge in [0.25, 0.3) is 5.91 Å². The summed E-state index contributed by atoms with van der Waals surface area (Å²) in [5.41, 5.74) is 3.53. The number of aromatic nitrogens is 2. The number of amides is 1. The number of benzene rings is 2. The maximum Gasteiger partial charge on any atom is 0.261 e. The average Bonchev–Trinajstić information content (AvgIpc) is 3.30. The van der Waals surface area contributed by atoms with Crippen molar-refractivity contribution in [1.82, 2.24) is 15.5 Å². The van der Waals surface area contributed by atoms with E-state index in [4.69, 9.17) is 14.0 Å². The molecule has 1 aliphatic carbocycles. The molecule has 1 N–H and O–H groups in total. The third-order valence-corrected chi connectivity index (χ3v) is 5.49. The van der Waals surface area contributed by atoms with Gasteiger partial charge in [-0.15, -0.1) is 0 Å². The summed E-state index contributed by atoms with van der Waals surface area (Å²) in [5, 5.41) is 6.82. The molecule has 3 aromatic rings. The van der Waals surface area contributed by atoms with E-state index < -0.39 is 6.10 Å². The van der Waals surface area contributed by atoms with E-state index in [-0.39, 0.29) is 12.5 Å². The van der Waals surface area contributed by atoms with Gasteiger partial charge in [-0.2, -0.15) is 4.98 Å². The Kier molecular flexibility index (Phi) is 6.50. The Labute approximate surface area is 181 Å². The van der Waals surface area contributed by atoms with Crippen LogP contribution in [-0.4, -0.2) is 29.3 Å². The first-order chi connectivity index (χ1) is 15.2. The topological polar surface area (TPSA) is 86.5 Å². The van der Waals surface area contributed by atoms with Crippen LogP contribution in [0.5, 0.6) is 11.5 Å². The molecule has 0 spiro atoms. The normalized spacial score (nSPS) is 13.9. The second kappa shape index (κ2) is 9.64. The number of carbonyl (C=O) groups is 1. The van der Waals surface area contributed by atoms with Crippen LogP contribution in [0.25, 0.3) is 11.4 Å². The van der Waals surface area contributed by atoms with E-state index in [0.29, 0.717) is 18.1 Å². The van der Waals surface area contributed by atoms with E-state index in [1.165, 1.54) is 24.0 Å². The maximum atomic E-state index is 12.6. The molecule has 0 saturated heterocycles. The van der Waals surface area contributed by atoms with E-state index in [9.17, 15) is 4.79 Å². The maximum absolute atomic E-state index is 12.6. The van der Waals surface area contributed by atoms with Gasteiger partial charge in [0.05, 0.1) is 13.7 Å². The lowest BCUT2D eigenvalue weighted by atomic mass is 9.92. The summed E-state index contributed by atoms with van der Waals surface area (Å²) in [6.07, 6.45) is 4.62. The Morgan fingerprint density at radius 2 is 1.84 bits per heavy atom. The Balaban J connectivity index is 1.34. The molecular weight excluding hydrogens is 394 g/mol. The first kappa shape index (κ1) is 20.9. The lowest BCUT2D eigenvalue weighted by Gasteiger charge is -2.20. The van der Waals surface area contributed by atoms with Crippen LogP contribution in [0.1, 0.15) is 43.2 Å². The minimum atomic E-state index is -0.578. The number of ether oxygens (including phenoxy) is 2. The molecule has 31 heavy (non-hydrogen) atoms. The number of hydrogen-bond donors (Lipinski definition) is 1. The molecule has 7 heteroatoms. The summed E-state index contributed by atoms with van der Waals surface area (Å²) < 4.78 is 16.4. The molecule has 7 nitrogen and oxygen atoms in total.